The fourth-order valence-electron chi connectivity index (χ4n) is 3.05. The summed E-state index contributed by atoms with van der Waals surface area (Å²) in [7, 11) is 0. The molecule has 2 aromatic carbocycles. The molecule has 0 fully saturated rings. The lowest BCUT2D eigenvalue weighted by Gasteiger charge is -2.27. The molecule has 1 atom stereocenters. The number of hydrogen-bond donors (Lipinski definition) is 1. The normalized spacial score (nSPS) is 12.5. The van der Waals surface area contributed by atoms with Crippen molar-refractivity contribution < 1.29 is 32.3 Å². The van der Waals surface area contributed by atoms with E-state index < -0.39 is 24.2 Å². The summed E-state index contributed by atoms with van der Waals surface area (Å²) in [4.78, 5) is 13.3. The van der Waals surface area contributed by atoms with Crippen LogP contribution in [0.15, 0.2) is 57.5 Å². The van der Waals surface area contributed by atoms with Crippen molar-refractivity contribution in [3.63, 3.8) is 0 Å². The molecule has 3 aromatic rings. The van der Waals surface area contributed by atoms with Crippen molar-refractivity contribution in [2.24, 2.45) is 0 Å². The number of halogens is 4. The zero-order valence-electron chi connectivity index (χ0n) is 15.8. The summed E-state index contributed by atoms with van der Waals surface area (Å²) in [6.07, 6.45) is -6.04. The summed E-state index contributed by atoms with van der Waals surface area (Å²) in [5.41, 5.74) is 1.60. The third-order valence-corrected chi connectivity index (χ3v) is 5.09. The molecule has 158 valence electrons. The van der Waals surface area contributed by atoms with Crippen LogP contribution in [0.5, 0.6) is 5.75 Å². The molecule has 0 aliphatic heterocycles. The van der Waals surface area contributed by atoms with E-state index in [1.165, 1.54) is 12.1 Å². The van der Waals surface area contributed by atoms with Gasteiger partial charge in [0.05, 0.1) is 6.04 Å². The first-order valence-corrected chi connectivity index (χ1v) is 9.47. The van der Waals surface area contributed by atoms with Crippen LogP contribution < -0.4 is 9.64 Å². The lowest BCUT2D eigenvalue weighted by Crippen LogP contribution is -2.33. The number of carbonyl (C=O) groups is 1. The number of aryl methyl sites for hydroxylation is 1. The molecule has 30 heavy (non-hydrogen) atoms. The molecular formula is C20H16BrF3N2O4. The van der Waals surface area contributed by atoms with E-state index in [9.17, 15) is 23.1 Å². The lowest BCUT2D eigenvalue weighted by molar-refractivity contribution is -0.274. The van der Waals surface area contributed by atoms with E-state index >= 15 is 0 Å². The van der Waals surface area contributed by atoms with Crippen molar-refractivity contribution in [2.75, 3.05) is 4.90 Å². The van der Waals surface area contributed by atoms with Crippen LogP contribution >= 0.6 is 15.9 Å². The van der Waals surface area contributed by atoms with Gasteiger partial charge in [0.15, 0.2) is 5.76 Å². The number of nitrogens with zero attached hydrogens (tertiary/aromatic N) is 2. The largest absolute Gasteiger partial charge is 0.573 e. The van der Waals surface area contributed by atoms with Gasteiger partial charge >= 0.3 is 12.5 Å². The Balaban J connectivity index is 2.03. The van der Waals surface area contributed by atoms with Crippen molar-refractivity contribution >= 4 is 27.7 Å². The topological polar surface area (TPSA) is 75.8 Å². The van der Waals surface area contributed by atoms with Crippen LogP contribution in [-0.2, 0) is 0 Å². The first kappa shape index (κ1) is 21.7. The van der Waals surface area contributed by atoms with Crippen molar-refractivity contribution in [1.29, 1.82) is 0 Å². The number of aromatic nitrogens is 1. The molecule has 1 aromatic heterocycles. The van der Waals surface area contributed by atoms with Gasteiger partial charge in [0, 0.05) is 10.0 Å². The van der Waals surface area contributed by atoms with Gasteiger partial charge in [-0.3, -0.25) is 4.90 Å². The molecule has 3 rings (SSSR count). The SMILES string of the molecule is Cc1noc(-c2ccc(OC(F)(F)F)cc2)c1N(C(=O)O)[C@H](C)c1ccccc1Br. The molecule has 0 saturated heterocycles. The highest BCUT2D eigenvalue weighted by Crippen LogP contribution is 2.40. The predicted octanol–water partition coefficient (Wildman–Crippen LogP) is 6.56. The second-order valence-electron chi connectivity index (χ2n) is 6.37. The van der Waals surface area contributed by atoms with Gasteiger partial charge in [0.1, 0.15) is 17.1 Å². The van der Waals surface area contributed by atoms with Crippen LogP contribution in [0.2, 0.25) is 0 Å². The highest BCUT2D eigenvalue weighted by Gasteiger charge is 2.33. The van der Waals surface area contributed by atoms with Crippen LogP contribution in [0.25, 0.3) is 11.3 Å². The van der Waals surface area contributed by atoms with Crippen LogP contribution in [0, 0.1) is 6.92 Å². The second-order valence-corrected chi connectivity index (χ2v) is 7.22. The average molecular weight is 485 g/mol. The predicted molar refractivity (Wildman–Crippen MR) is 106 cm³/mol. The van der Waals surface area contributed by atoms with Gasteiger partial charge in [-0.15, -0.1) is 13.2 Å². The number of benzene rings is 2. The summed E-state index contributed by atoms with van der Waals surface area (Å²) in [5, 5.41) is 13.8. The zero-order valence-corrected chi connectivity index (χ0v) is 17.4. The van der Waals surface area contributed by atoms with E-state index in [2.05, 4.69) is 25.8 Å². The van der Waals surface area contributed by atoms with Crippen molar-refractivity contribution in [3.8, 4) is 17.1 Å². The maximum absolute atomic E-state index is 12.4. The number of alkyl halides is 3. The molecule has 0 radical (unpaired) electrons. The van der Waals surface area contributed by atoms with Gasteiger partial charge in [-0.05, 0) is 49.7 Å². The molecule has 0 spiro atoms. The molecule has 1 N–H and O–H groups in total. The average Bonchev–Trinajstić information content (AvgIpc) is 3.02. The summed E-state index contributed by atoms with van der Waals surface area (Å²) in [5.74, 6) is -0.284. The maximum Gasteiger partial charge on any atom is 0.573 e. The number of amides is 1. The maximum atomic E-state index is 12.4. The van der Waals surface area contributed by atoms with E-state index in [1.54, 1.807) is 32.0 Å². The highest BCUT2D eigenvalue weighted by atomic mass is 79.9. The third kappa shape index (κ3) is 4.59. The van der Waals surface area contributed by atoms with Crippen LogP contribution in [0.4, 0.5) is 23.7 Å². The van der Waals surface area contributed by atoms with Gasteiger partial charge < -0.3 is 14.4 Å². The molecule has 0 aliphatic carbocycles. The zero-order chi connectivity index (χ0) is 22.1. The molecule has 1 heterocycles. The Labute approximate surface area is 178 Å². The molecule has 10 heteroatoms. The Morgan fingerprint density at radius 1 is 1.20 bits per heavy atom. The number of ether oxygens (including phenoxy) is 1. The molecule has 0 bridgehead atoms. The van der Waals surface area contributed by atoms with Crippen molar-refractivity contribution in [2.45, 2.75) is 26.3 Å². The molecule has 0 unspecified atom stereocenters. The minimum Gasteiger partial charge on any atom is -0.465 e. The summed E-state index contributed by atoms with van der Waals surface area (Å²) in [6, 6.07) is 11.5. The minimum atomic E-state index is -4.81. The van der Waals surface area contributed by atoms with Crippen LogP contribution in [0.3, 0.4) is 0 Å². The Bertz CT molecular complexity index is 1050. The van der Waals surface area contributed by atoms with E-state index in [-0.39, 0.29) is 11.4 Å². The Morgan fingerprint density at radius 2 is 1.83 bits per heavy atom. The van der Waals surface area contributed by atoms with Gasteiger partial charge in [0.2, 0.25) is 0 Å². The number of carboxylic acid groups (broad SMARTS) is 1. The first-order valence-electron chi connectivity index (χ1n) is 8.67. The second kappa shape index (κ2) is 8.39. The Hall–Kier alpha value is -3.01. The minimum absolute atomic E-state index is 0.118. The smallest absolute Gasteiger partial charge is 0.465 e. The third-order valence-electron chi connectivity index (χ3n) is 4.37. The molecule has 1 amide bonds. The monoisotopic (exact) mass is 484 g/mol. The number of anilines is 1. The molecule has 0 saturated carbocycles. The van der Waals surface area contributed by atoms with Crippen molar-refractivity contribution in [3.05, 3.63) is 64.3 Å². The van der Waals surface area contributed by atoms with Gasteiger partial charge in [-0.1, -0.05) is 39.3 Å². The van der Waals surface area contributed by atoms with E-state index in [0.29, 0.717) is 11.3 Å². The van der Waals surface area contributed by atoms with Crippen LogP contribution in [-0.4, -0.2) is 22.7 Å². The Morgan fingerprint density at radius 3 is 2.40 bits per heavy atom. The molecule has 6 nitrogen and oxygen atoms in total. The highest BCUT2D eigenvalue weighted by molar-refractivity contribution is 9.10. The van der Waals surface area contributed by atoms with Gasteiger partial charge in [-0.2, -0.15) is 0 Å². The first-order chi connectivity index (χ1) is 14.1. The summed E-state index contributed by atoms with van der Waals surface area (Å²) in [6.45, 7) is 3.30. The van der Waals surface area contributed by atoms with Crippen LogP contribution in [0.1, 0.15) is 24.2 Å². The van der Waals surface area contributed by atoms with Gasteiger partial charge in [-0.25, -0.2) is 4.79 Å². The molecular weight excluding hydrogens is 469 g/mol. The fourth-order valence-corrected chi connectivity index (χ4v) is 3.67. The number of rotatable bonds is 5. The van der Waals surface area contributed by atoms with E-state index in [0.717, 1.165) is 27.1 Å². The van der Waals surface area contributed by atoms with E-state index in [1.807, 2.05) is 6.07 Å². The molecule has 0 aliphatic rings. The summed E-state index contributed by atoms with van der Waals surface area (Å²) >= 11 is 3.43. The lowest BCUT2D eigenvalue weighted by atomic mass is 10.0. The number of hydrogen-bond acceptors (Lipinski definition) is 4. The summed E-state index contributed by atoms with van der Waals surface area (Å²) < 4.78 is 47.1. The fraction of sp³-hybridized carbons (Fsp3) is 0.200. The van der Waals surface area contributed by atoms with Gasteiger partial charge in [0.25, 0.3) is 0 Å². The standard InChI is InChI=1S/C20H16BrF3N2O4/c1-11-17(26(19(27)28)12(2)15-5-3-4-6-16(15)21)18(30-25-11)13-7-9-14(10-8-13)29-20(22,23)24/h3-10,12H,1-2H3,(H,27,28)/t12-/m1/s1. The van der Waals surface area contributed by atoms with Crippen molar-refractivity contribution in [1.82, 2.24) is 5.16 Å². The van der Waals surface area contributed by atoms with E-state index in [4.69, 9.17) is 4.52 Å². The Kier molecular flexibility index (Phi) is 6.06. The quantitative estimate of drug-likeness (QED) is 0.443.